The summed E-state index contributed by atoms with van der Waals surface area (Å²) in [4.78, 5) is 10.8. The van der Waals surface area contributed by atoms with E-state index in [1.54, 1.807) is 0 Å². The molecule has 3 N–H and O–H groups in total. The molecule has 1 aliphatic carbocycles. The molecule has 2 rings (SSSR count). The number of nitrogens with one attached hydrogen (secondary N) is 2. The number of hydrogen-bond donors (Lipinski definition) is 3. The Balaban J connectivity index is 1.86. The minimum atomic E-state index is -0.704. The smallest absolute Gasteiger partial charge is 0.305 e. The van der Waals surface area contributed by atoms with Crippen molar-refractivity contribution in [1.82, 2.24) is 10.6 Å². The van der Waals surface area contributed by atoms with Crippen molar-refractivity contribution < 1.29 is 9.90 Å². The quantitative estimate of drug-likeness (QED) is 0.624. The maximum absolute atomic E-state index is 10.8. The second-order valence-electron chi connectivity index (χ2n) is 5.08. The Hall–Kier alpha value is -0.610. The third-order valence-electron chi connectivity index (χ3n) is 3.81. The van der Waals surface area contributed by atoms with Crippen LogP contribution in [-0.4, -0.2) is 35.7 Å². The largest absolute Gasteiger partial charge is 0.481 e. The molecule has 1 saturated heterocycles. The summed E-state index contributed by atoms with van der Waals surface area (Å²) in [6, 6.07) is 0.459. The van der Waals surface area contributed by atoms with Crippen LogP contribution >= 0.6 is 0 Å². The van der Waals surface area contributed by atoms with Crippen molar-refractivity contribution >= 4 is 5.97 Å². The number of carbonyl (C=O) groups is 1. The highest BCUT2D eigenvalue weighted by atomic mass is 16.4. The first-order valence-electron chi connectivity index (χ1n) is 5.81. The Morgan fingerprint density at radius 2 is 2.27 bits per heavy atom. The minimum Gasteiger partial charge on any atom is -0.481 e. The van der Waals surface area contributed by atoms with E-state index in [4.69, 9.17) is 5.11 Å². The van der Waals surface area contributed by atoms with Crippen LogP contribution in [0.2, 0.25) is 0 Å². The molecule has 1 unspecified atom stereocenters. The second kappa shape index (κ2) is 4.10. The van der Waals surface area contributed by atoms with Crippen molar-refractivity contribution in [2.45, 2.75) is 44.2 Å². The van der Waals surface area contributed by atoms with E-state index in [0.29, 0.717) is 6.04 Å². The predicted octanol–water partition coefficient (Wildman–Crippen LogP) is 0.581. The Bertz CT molecular complexity index is 247. The average Bonchev–Trinajstić information content (AvgIpc) is 1.95. The van der Waals surface area contributed by atoms with E-state index in [1.807, 2.05) is 0 Å². The maximum Gasteiger partial charge on any atom is 0.305 e. The Morgan fingerprint density at radius 1 is 1.60 bits per heavy atom. The molecule has 0 aromatic carbocycles. The maximum atomic E-state index is 10.8. The zero-order valence-corrected chi connectivity index (χ0v) is 9.25. The van der Waals surface area contributed by atoms with E-state index in [0.717, 1.165) is 19.0 Å². The van der Waals surface area contributed by atoms with E-state index < -0.39 is 5.97 Å². The fourth-order valence-electron chi connectivity index (χ4n) is 2.53. The molecule has 0 bridgehead atoms. The van der Waals surface area contributed by atoms with Gasteiger partial charge in [-0.25, -0.2) is 0 Å². The number of carboxylic acids is 1. The van der Waals surface area contributed by atoms with Crippen molar-refractivity contribution in [1.29, 1.82) is 0 Å². The van der Waals surface area contributed by atoms with Gasteiger partial charge < -0.3 is 15.7 Å². The van der Waals surface area contributed by atoms with E-state index in [2.05, 4.69) is 17.6 Å². The van der Waals surface area contributed by atoms with E-state index in [9.17, 15) is 4.79 Å². The van der Waals surface area contributed by atoms with Gasteiger partial charge in [-0.15, -0.1) is 0 Å². The molecule has 1 aliphatic heterocycles. The SMILES string of the molecule is CC(NC1(CC(=O)O)CNC1)C1CCC1. The molecule has 15 heavy (non-hydrogen) atoms. The van der Waals surface area contributed by atoms with Gasteiger partial charge in [0.2, 0.25) is 0 Å². The summed E-state index contributed by atoms with van der Waals surface area (Å²) >= 11 is 0. The molecule has 0 radical (unpaired) electrons. The first-order valence-corrected chi connectivity index (χ1v) is 5.81. The lowest BCUT2D eigenvalue weighted by Crippen LogP contribution is -2.70. The van der Waals surface area contributed by atoms with E-state index in [1.165, 1.54) is 19.3 Å². The molecular weight excluding hydrogens is 192 g/mol. The van der Waals surface area contributed by atoms with Gasteiger partial charge in [-0.2, -0.15) is 0 Å². The van der Waals surface area contributed by atoms with Crippen LogP contribution in [0, 0.1) is 5.92 Å². The lowest BCUT2D eigenvalue weighted by atomic mass is 9.78. The van der Waals surface area contributed by atoms with Crippen LogP contribution in [0.15, 0.2) is 0 Å². The highest BCUT2D eigenvalue weighted by molar-refractivity contribution is 5.68. The molecule has 0 spiro atoms. The van der Waals surface area contributed by atoms with Crippen LogP contribution in [0.3, 0.4) is 0 Å². The lowest BCUT2D eigenvalue weighted by molar-refractivity contribution is -0.139. The van der Waals surface area contributed by atoms with Crippen molar-refractivity contribution in [3.8, 4) is 0 Å². The highest BCUT2D eigenvalue weighted by Gasteiger charge is 2.41. The molecule has 0 aromatic rings. The highest BCUT2D eigenvalue weighted by Crippen LogP contribution is 2.31. The third-order valence-corrected chi connectivity index (χ3v) is 3.81. The van der Waals surface area contributed by atoms with Crippen LogP contribution in [0.4, 0.5) is 0 Å². The van der Waals surface area contributed by atoms with E-state index in [-0.39, 0.29) is 12.0 Å². The van der Waals surface area contributed by atoms with Crippen molar-refractivity contribution in [2.24, 2.45) is 5.92 Å². The third kappa shape index (κ3) is 2.32. The van der Waals surface area contributed by atoms with Crippen LogP contribution in [0.25, 0.3) is 0 Å². The summed E-state index contributed by atoms with van der Waals surface area (Å²) in [7, 11) is 0. The lowest BCUT2D eigenvalue weighted by Gasteiger charge is -2.47. The summed E-state index contributed by atoms with van der Waals surface area (Å²) in [6.07, 6.45) is 4.16. The molecule has 4 nitrogen and oxygen atoms in total. The number of hydrogen-bond acceptors (Lipinski definition) is 3. The molecule has 86 valence electrons. The van der Waals surface area contributed by atoms with Gasteiger partial charge >= 0.3 is 5.97 Å². The standard InChI is InChI=1S/C11H20N2O2/c1-8(9-3-2-4-9)13-11(5-10(14)15)6-12-7-11/h8-9,12-13H,2-7H2,1H3,(H,14,15). The van der Waals surface area contributed by atoms with Crippen LogP contribution < -0.4 is 10.6 Å². The minimum absolute atomic E-state index is 0.180. The van der Waals surface area contributed by atoms with Crippen LogP contribution in [-0.2, 0) is 4.79 Å². The summed E-state index contributed by atoms with van der Waals surface area (Å²) in [6.45, 7) is 3.76. The van der Waals surface area contributed by atoms with Gasteiger partial charge in [-0.1, -0.05) is 6.42 Å². The molecule has 4 heteroatoms. The first kappa shape index (κ1) is 10.9. The monoisotopic (exact) mass is 212 g/mol. The van der Waals surface area contributed by atoms with Gasteiger partial charge in [-0.05, 0) is 25.7 Å². The summed E-state index contributed by atoms with van der Waals surface area (Å²) in [5, 5.41) is 15.6. The van der Waals surface area contributed by atoms with Gasteiger partial charge in [0.15, 0.2) is 0 Å². The molecule has 1 atom stereocenters. The zero-order valence-electron chi connectivity index (χ0n) is 9.25. The molecule has 0 amide bonds. The molecular formula is C11H20N2O2. The molecule has 0 aromatic heterocycles. The summed E-state index contributed by atoms with van der Waals surface area (Å²) < 4.78 is 0. The number of aliphatic carboxylic acids is 1. The molecule has 1 saturated carbocycles. The van der Waals surface area contributed by atoms with Gasteiger partial charge in [0, 0.05) is 19.1 Å². The Labute approximate surface area is 90.4 Å². The van der Waals surface area contributed by atoms with Gasteiger partial charge in [0.1, 0.15) is 0 Å². The summed E-state index contributed by atoms with van der Waals surface area (Å²) in [5.74, 6) is 0.0566. The van der Waals surface area contributed by atoms with Crippen molar-refractivity contribution in [3.05, 3.63) is 0 Å². The Kier molecular flexibility index (Phi) is 2.98. The topological polar surface area (TPSA) is 61.4 Å². The number of rotatable bonds is 5. The van der Waals surface area contributed by atoms with Crippen LogP contribution in [0.5, 0.6) is 0 Å². The fraction of sp³-hybridized carbons (Fsp3) is 0.909. The fourth-order valence-corrected chi connectivity index (χ4v) is 2.53. The van der Waals surface area contributed by atoms with Crippen molar-refractivity contribution in [3.63, 3.8) is 0 Å². The average molecular weight is 212 g/mol. The normalized spacial score (nSPS) is 26.5. The first-order chi connectivity index (χ1) is 7.11. The Morgan fingerprint density at radius 3 is 2.60 bits per heavy atom. The zero-order chi connectivity index (χ0) is 10.9. The molecule has 1 heterocycles. The van der Waals surface area contributed by atoms with Crippen molar-refractivity contribution in [2.75, 3.05) is 13.1 Å². The van der Waals surface area contributed by atoms with Crippen LogP contribution in [0.1, 0.15) is 32.6 Å². The van der Waals surface area contributed by atoms with Gasteiger partial charge in [0.05, 0.1) is 12.0 Å². The number of carboxylic acid groups (broad SMARTS) is 1. The predicted molar refractivity (Wildman–Crippen MR) is 57.8 cm³/mol. The second-order valence-corrected chi connectivity index (χ2v) is 5.08. The summed E-state index contributed by atoms with van der Waals surface area (Å²) in [5.41, 5.74) is -0.180. The van der Waals surface area contributed by atoms with Gasteiger partial charge in [0.25, 0.3) is 0 Å². The van der Waals surface area contributed by atoms with Gasteiger partial charge in [-0.3, -0.25) is 4.79 Å². The molecule has 2 aliphatic rings. The molecule has 2 fully saturated rings. The van der Waals surface area contributed by atoms with E-state index >= 15 is 0 Å².